The summed E-state index contributed by atoms with van der Waals surface area (Å²) in [5.41, 5.74) is 1.67. The van der Waals surface area contributed by atoms with Gasteiger partial charge in [-0.2, -0.15) is 0 Å². The SMILES string of the molecule is Cc1onnc1-c1[c]cccc1. The van der Waals surface area contributed by atoms with E-state index in [4.69, 9.17) is 4.52 Å². The van der Waals surface area contributed by atoms with E-state index >= 15 is 0 Å². The molecule has 0 amide bonds. The van der Waals surface area contributed by atoms with Gasteiger partial charge in [-0.1, -0.05) is 24.3 Å². The Balaban J connectivity index is 2.51. The molecule has 0 spiro atoms. The van der Waals surface area contributed by atoms with Gasteiger partial charge in [-0.25, -0.2) is 0 Å². The van der Waals surface area contributed by atoms with Crippen molar-refractivity contribution in [2.45, 2.75) is 6.92 Å². The molecule has 0 aliphatic carbocycles. The Bertz CT molecular complexity index is 367. The number of aryl methyl sites for hydroxylation is 1. The van der Waals surface area contributed by atoms with E-state index in [2.05, 4.69) is 16.4 Å². The summed E-state index contributed by atoms with van der Waals surface area (Å²) in [6.45, 7) is 1.83. The Morgan fingerprint density at radius 1 is 1.42 bits per heavy atom. The predicted octanol–water partition coefficient (Wildman–Crippen LogP) is 1.85. The largest absolute Gasteiger partial charge is 0.342 e. The molecule has 0 unspecified atom stereocenters. The first-order valence-electron chi connectivity index (χ1n) is 3.64. The Labute approximate surface area is 70.0 Å². The molecule has 1 aromatic carbocycles. The van der Waals surface area contributed by atoms with Crippen LogP contribution in [0.15, 0.2) is 28.8 Å². The van der Waals surface area contributed by atoms with Crippen LogP contribution in [0.1, 0.15) is 5.76 Å². The van der Waals surface area contributed by atoms with Crippen molar-refractivity contribution >= 4 is 0 Å². The molecule has 2 rings (SSSR count). The summed E-state index contributed by atoms with van der Waals surface area (Å²) in [7, 11) is 0. The average molecular weight is 159 g/mol. The Morgan fingerprint density at radius 3 is 2.92 bits per heavy atom. The van der Waals surface area contributed by atoms with Crippen molar-refractivity contribution in [2.24, 2.45) is 0 Å². The molecule has 1 heterocycles. The quantitative estimate of drug-likeness (QED) is 0.637. The highest BCUT2D eigenvalue weighted by atomic mass is 16.5. The highest BCUT2D eigenvalue weighted by Gasteiger charge is 2.06. The van der Waals surface area contributed by atoms with Crippen molar-refractivity contribution in [1.82, 2.24) is 10.4 Å². The normalized spacial score (nSPS) is 10.1. The molecule has 1 aromatic heterocycles. The molecule has 2 aromatic rings. The molecule has 0 aliphatic rings. The van der Waals surface area contributed by atoms with Crippen molar-refractivity contribution in [3.05, 3.63) is 36.1 Å². The molecule has 12 heavy (non-hydrogen) atoms. The van der Waals surface area contributed by atoms with Gasteiger partial charge in [0.25, 0.3) is 0 Å². The van der Waals surface area contributed by atoms with Crippen molar-refractivity contribution < 1.29 is 4.52 Å². The molecular weight excluding hydrogens is 152 g/mol. The molecule has 3 heteroatoms. The van der Waals surface area contributed by atoms with E-state index in [9.17, 15) is 0 Å². The van der Waals surface area contributed by atoms with Gasteiger partial charge in [0.15, 0.2) is 5.76 Å². The zero-order valence-corrected chi connectivity index (χ0v) is 6.61. The lowest BCUT2D eigenvalue weighted by Gasteiger charge is -1.92. The number of aromatic nitrogens is 2. The van der Waals surface area contributed by atoms with Gasteiger partial charge >= 0.3 is 0 Å². The fourth-order valence-corrected chi connectivity index (χ4v) is 1.02. The first-order valence-corrected chi connectivity index (χ1v) is 3.64. The maximum Gasteiger partial charge on any atom is 0.162 e. The van der Waals surface area contributed by atoms with Crippen LogP contribution in [0.3, 0.4) is 0 Å². The van der Waals surface area contributed by atoms with Gasteiger partial charge < -0.3 is 4.52 Å². The summed E-state index contributed by atoms with van der Waals surface area (Å²) in [4.78, 5) is 0. The average Bonchev–Trinajstić information content (AvgIpc) is 2.53. The van der Waals surface area contributed by atoms with E-state index in [-0.39, 0.29) is 0 Å². The Morgan fingerprint density at radius 2 is 2.33 bits per heavy atom. The fraction of sp³-hybridized carbons (Fsp3) is 0.111. The molecule has 0 saturated carbocycles. The van der Waals surface area contributed by atoms with E-state index in [1.807, 2.05) is 31.2 Å². The predicted molar refractivity (Wildman–Crippen MR) is 43.3 cm³/mol. The third kappa shape index (κ3) is 1.09. The zero-order chi connectivity index (χ0) is 8.39. The summed E-state index contributed by atoms with van der Waals surface area (Å²) >= 11 is 0. The second kappa shape index (κ2) is 2.77. The molecule has 0 atom stereocenters. The first-order chi connectivity index (χ1) is 5.88. The lowest BCUT2D eigenvalue weighted by atomic mass is 10.1. The Kier molecular flexibility index (Phi) is 1.63. The third-order valence-electron chi connectivity index (χ3n) is 1.62. The monoisotopic (exact) mass is 159 g/mol. The van der Waals surface area contributed by atoms with Crippen LogP contribution in [-0.4, -0.2) is 10.4 Å². The van der Waals surface area contributed by atoms with E-state index < -0.39 is 0 Å². The standard InChI is InChI=1S/C9H7N2O/c1-7-9(10-11-12-7)8-5-3-2-4-6-8/h2-5H,1H3. The summed E-state index contributed by atoms with van der Waals surface area (Å²) < 4.78 is 4.84. The minimum atomic E-state index is 0.720. The van der Waals surface area contributed by atoms with Crippen LogP contribution in [0, 0.1) is 13.0 Å². The van der Waals surface area contributed by atoms with Crippen LogP contribution in [0.5, 0.6) is 0 Å². The summed E-state index contributed by atoms with van der Waals surface area (Å²) in [6.07, 6.45) is 0. The molecule has 0 fully saturated rings. The fourth-order valence-electron chi connectivity index (χ4n) is 1.02. The molecule has 59 valence electrons. The van der Waals surface area contributed by atoms with Gasteiger partial charge in [-0.3, -0.25) is 0 Å². The summed E-state index contributed by atoms with van der Waals surface area (Å²) in [6, 6.07) is 10.6. The minimum Gasteiger partial charge on any atom is -0.342 e. The first kappa shape index (κ1) is 7.03. The molecule has 0 bridgehead atoms. The van der Waals surface area contributed by atoms with Crippen LogP contribution in [0.2, 0.25) is 0 Å². The molecule has 1 radical (unpaired) electrons. The summed E-state index contributed by atoms with van der Waals surface area (Å²) in [5, 5.41) is 7.29. The molecule has 3 nitrogen and oxygen atoms in total. The topological polar surface area (TPSA) is 38.9 Å². The van der Waals surface area contributed by atoms with E-state index in [1.54, 1.807) is 0 Å². The van der Waals surface area contributed by atoms with Crippen molar-refractivity contribution in [2.75, 3.05) is 0 Å². The van der Waals surface area contributed by atoms with Gasteiger partial charge in [0, 0.05) is 10.8 Å². The number of benzene rings is 1. The van der Waals surface area contributed by atoms with E-state index in [0.717, 1.165) is 17.0 Å². The van der Waals surface area contributed by atoms with Crippen LogP contribution < -0.4 is 0 Å². The minimum absolute atomic E-state index is 0.720. The van der Waals surface area contributed by atoms with Gasteiger partial charge in [0.1, 0.15) is 5.69 Å². The van der Waals surface area contributed by atoms with Gasteiger partial charge in [0.2, 0.25) is 0 Å². The molecule has 0 aliphatic heterocycles. The van der Waals surface area contributed by atoms with Crippen LogP contribution in [0.25, 0.3) is 11.3 Å². The zero-order valence-electron chi connectivity index (χ0n) is 6.61. The smallest absolute Gasteiger partial charge is 0.162 e. The lowest BCUT2D eigenvalue weighted by Crippen LogP contribution is -1.79. The van der Waals surface area contributed by atoms with Crippen LogP contribution in [0.4, 0.5) is 0 Å². The second-order valence-electron chi connectivity index (χ2n) is 2.45. The third-order valence-corrected chi connectivity index (χ3v) is 1.62. The van der Waals surface area contributed by atoms with Gasteiger partial charge in [0.05, 0.1) is 0 Å². The van der Waals surface area contributed by atoms with Gasteiger partial charge in [-0.05, 0) is 13.0 Å². The maximum atomic E-state index is 4.84. The molecular formula is C9H7N2O. The lowest BCUT2D eigenvalue weighted by molar-refractivity contribution is 0.374. The number of rotatable bonds is 1. The molecule has 0 N–H and O–H groups in total. The van der Waals surface area contributed by atoms with E-state index in [1.165, 1.54) is 0 Å². The van der Waals surface area contributed by atoms with Crippen LogP contribution in [-0.2, 0) is 0 Å². The number of nitrogens with zero attached hydrogens (tertiary/aromatic N) is 2. The Hall–Kier alpha value is -1.64. The van der Waals surface area contributed by atoms with Crippen molar-refractivity contribution in [1.29, 1.82) is 0 Å². The van der Waals surface area contributed by atoms with Gasteiger partial charge in [-0.15, -0.1) is 5.10 Å². The highest BCUT2D eigenvalue weighted by molar-refractivity contribution is 5.58. The maximum absolute atomic E-state index is 4.84. The number of hydrogen-bond acceptors (Lipinski definition) is 3. The van der Waals surface area contributed by atoms with Crippen molar-refractivity contribution in [3.8, 4) is 11.3 Å². The number of hydrogen-bond donors (Lipinski definition) is 0. The van der Waals surface area contributed by atoms with Crippen LogP contribution >= 0.6 is 0 Å². The van der Waals surface area contributed by atoms with E-state index in [0.29, 0.717) is 0 Å². The highest BCUT2D eigenvalue weighted by Crippen LogP contribution is 2.18. The van der Waals surface area contributed by atoms with Crippen molar-refractivity contribution in [3.63, 3.8) is 0 Å². The second-order valence-corrected chi connectivity index (χ2v) is 2.45. The summed E-state index contributed by atoms with van der Waals surface area (Å²) in [5.74, 6) is 0.720. The molecule has 0 saturated heterocycles.